The van der Waals surface area contributed by atoms with Gasteiger partial charge in [-0.15, -0.1) is 0 Å². The molecule has 0 aliphatic rings. The maximum Gasteiger partial charge on any atom is 0.308 e. The van der Waals surface area contributed by atoms with E-state index in [0.717, 1.165) is 25.7 Å². The number of aliphatic carboxylic acids is 1. The van der Waals surface area contributed by atoms with Crippen LogP contribution in [0.2, 0.25) is 0 Å². The quantitative estimate of drug-likeness (QED) is 0.677. The zero-order valence-corrected chi connectivity index (χ0v) is 11.2. The van der Waals surface area contributed by atoms with Crippen LogP contribution in [0, 0.1) is 5.92 Å². The van der Waals surface area contributed by atoms with Gasteiger partial charge in [0.1, 0.15) is 0 Å². The van der Waals surface area contributed by atoms with Crippen LogP contribution in [0.4, 0.5) is 0 Å². The van der Waals surface area contributed by atoms with Gasteiger partial charge in [0.15, 0.2) is 0 Å². The van der Waals surface area contributed by atoms with Crippen molar-refractivity contribution in [1.29, 1.82) is 0 Å². The predicted octanol–water partition coefficient (Wildman–Crippen LogP) is 2.53. The average Bonchev–Trinajstić information content (AvgIpc) is 2.30. The molecule has 0 heterocycles. The van der Waals surface area contributed by atoms with Crippen LogP contribution < -0.4 is 0 Å². The summed E-state index contributed by atoms with van der Waals surface area (Å²) in [5.74, 6) is -1.24. The average molecular weight is 243 g/mol. The Morgan fingerprint density at radius 2 is 1.76 bits per heavy atom. The lowest BCUT2D eigenvalue weighted by Crippen LogP contribution is -2.37. The number of carboxylic acid groups (broad SMARTS) is 1. The lowest BCUT2D eigenvalue weighted by Gasteiger charge is -2.24. The number of hydrogen-bond donors (Lipinski definition) is 1. The maximum atomic E-state index is 11.9. The molecule has 0 fully saturated rings. The fourth-order valence-corrected chi connectivity index (χ4v) is 1.56. The number of carboxylic acids is 1. The molecular formula is C13H25NO3. The molecule has 0 saturated carbocycles. The highest BCUT2D eigenvalue weighted by molar-refractivity contribution is 5.77. The van der Waals surface area contributed by atoms with Crippen LogP contribution in [0.3, 0.4) is 0 Å². The summed E-state index contributed by atoms with van der Waals surface area (Å²) in [6, 6.07) is 0. The fraction of sp³-hybridized carbons (Fsp3) is 0.846. The Hall–Kier alpha value is -1.06. The summed E-state index contributed by atoms with van der Waals surface area (Å²) in [6.07, 6.45) is 4.35. The molecule has 100 valence electrons. The number of unbranched alkanes of at least 4 members (excludes halogenated alkanes) is 2. The highest BCUT2D eigenvalue weighted by Gasteiger charge is 2.19. The Bertz CT molecular complexity index is 241. The van der Waals surface area contributed by atoms with Gasteiger partial charge in [-0.25, -0.2) is 0 Å². The molecule has 0 saturated heterocycles. The van der Waals surface area contributed by atoms with Crippen molar-refractivity contribution in [3.05, 3.63) is 0 Å². The fourth-order valence-electron chi connectivity index (χ4n) is 1.56. The number of hydrogen-bond acceptors (Lipinski definition) is 2. The van der Waals surface area contributed by atoms with Gasteiger partial charge in [0, 0.05) is 19.5 Å². The van der Waals surface area contributed by atoms with Crippen molar-refractivity contribution < 1.29 is 14.7 Å². The third-order valence-electron chi connectivity index (χ3n) is 2.79. The molecular weight excluding hydrogens is 218 g/mol. The molecule has 0 aromatic rings. The summed E-state index contributed by atoms with van der Waals surface area (Å²) in [4.78, 5) is 24.4. The molecule has 0 radical (unpaired) electrons. The molecule has 1 unspecified atom stereocenters. The van der Waals surface area contributed by atoms with Crippen LogP contribution in [0.5, 0.6) is 0 Å². The molecule has 0 bridgehead atoms. The third kappa shape index (κ3) is 6.97. The molecule has 1 N–H and O–H groups in total. The van der Waals surface area contributed by atoms with Gasteiger partial charge in [0.25, 0.3) is 0 Å². The topological polar surface area (TPSA) is 57.6 Å². The summed E-state index contributed by atoms with van der Waals surface area (Å²) in [6.45, 7) is 6.77. The summed E-state index contributed by atoms with van der Waals surface area (Å²) in [7, 11) is 0. The molecule has 0 rings (SSSR count). The van der Waals surface area contributed by atoms with Gasteiger partial charge in [0.2, 0.25) is 5.91 Å². The molecule has 1 atom stereocenters. The lowest BCUT2D eigenvalue weighted by atomic mass is 10.1. The van der Waals surface area contributed by atoms with Crippen molar-refractivity contribution in [3.63, 3.8) is 0 Å². The normalized spacial score (nSPS) is 12.2. The molecule has 0 spiro atoms. The van der Waals surface area contributed by atoms with Crippen LogP contribution in [0.1, 0.15) is 52.9 Å². The Labute approximate surface area is 104 Å². The van der Waals surface area contributed by atoms with E-state index in [1.807, 2.05) is 6.92 Å². The van der Waals surface area contributed by atoms with Gasteiger partial charge in [-0.2, -0.15) is 0 Å². The molecule has 0 aliphatic carbocycles. The van der Waals surface area contributed by atoms with Crippen molar-refractivity contribution in [3.8, 4) is 0 Å². The highest BCUT2D eigenvalue weighted by Crippen LogP contribution is 2.07. The van der Waals surface area contributed by atoms with E-state index in [2.05, 4.69) is 6.92 Å². The first kappa shape index (κ1) is 15.9. The standard InChI is InChI=1S/C13H25NO3/c1-4-6-8-12(15)14(9-7-5-2)10-11(3)13(16)17/h11H,4-10H2,1-3H3,(H,16,17). The first-order valence-electron chi connectivity index (χ1n) is 6.53. The SMILES string of the molecule is CCCCC(=O)N(CCCC)CC(C)C(=O)O. The van der Waals surface area contributed by atoms with E-state index >= 15 is 0 Å². The number of carbonyl (C=O) groups excluding carboxylic acids is 1. The second kappa shape index (κ2) is 9.02. The number of rotatable bonds is 9. The Morgan fingerprint density at radius 1 is 1.18 bits per heavy atom. The van der Waals surface area contributed by atoms with E-state index in [4.69, 9.17) is 5.11 Å². The highest BCUT2D eigenvalue weighted by atomic mass is 16.4. The number of carbonyl (C=O) groups is 2. The van der Waals surface area contributed by atoms with Crippen molar-refractivity contribution in [1.82, 2.24) is 4.90 Å². The Kier molecular flexibility index (Phi) is 8.46. The van der Waals surface area contributed by atoms with Crippen molar-refractivity contribution in [2.24, 2.45) is 5.92 Å². The third-order valence-corrected chi connectivity index (χ3v) is 2.79. The molecule has 1 amide bonds. The second-order valence-electron chi connectivity index (χ2n) is 4.54. The summed E-state index contributed by atoms with van der Waals surface area (Å²) in [5, 5.41) is 8.88. The molecule has 4 heteroatoms. The van der Waals surface area contributed by atoms with E-state index in [1.165, 1.54) is 0 Å². The van der Waals surface area contributed by atoms with Crippen molar-refractivity contribution in [2.75, 3.05) is 13.1 Å². The summed E-state index contributed by atoms with van der Waals surface area (Å²) < 4.78 is 0. The smallest absolute Gasteiger partial charge is 0.308 e. The first-order valence-corrected chi connectivity index (χ1v) is 6.53. The van der Waals surface area contributed by atoms with E-state index in [1.54, 1.807) is 11.8 Å². The lowest BCUT2D eigenvalue weighted by molar-refractivity contribution is -0.143. The minimum atomic E-state index is -0.838. The minimum absolute atomic E-state index is 0.0911. The monoisotopic (exact) mass is 243 g/mol. The van der Waals surface area contributed by atoms with Gasteiger partial charge in [0.05, 0.1) is 5.92 Å². The van der Waals surface area contributed by atoms with Crippen molar-refractivity contribution >= 4 is 11.9 Å². The largest absolute Gasteiger partial charge is 0.481 e. The van der Waals surface area contributed by atoms with E-state index in [0.29, 0.717) is 19.5 Å². The molecule has 17 heavy (non-hydrogen) atoms. The zero-order chi connectivity index (χ0) is 13.3. The van der Waals surface area contributed by atoms with Gasteiger partial charge >= 0.3 is 5.97 Å². The van der Waals surface area contributed by atoms with Crippen LogP contribution >= 0.6 is 0 Å². The van der Waals surface area contributed by atoms with E-state index < -0.39 is 11.9 Å². The van der Waals surface area contributed by atoms with Gasteiger partial charge in [-0.05, 0) is 12.8 Å². The number of nitrogens with zero attached hydrogens (tertiary/aromatic N) is 1. The second-order valence-corrected chi connectivity index (χ2v) is 4.54. The molecule has 4 nitrogen and oxygen atoms in total. The molecule has 0 aromatic carbocycles. The molecule has 0 aromatic heterocycles. The van der Waals surface area contributed by atoms with Gasteiger partial charge in [-0.1, -0.05) is 33.6 Å². The Balaban J connectivity index is 4.30. The van der Waals surface area contributed by atoms with Crippen LogP contribution in [-0.2, 0) is 9.59 Å². The van der Waals surface area contributed by atoms with E-state index in [-0.39, 0.29) is 5.91 Å². The summed E-state index contributed by atoms with van der Waals surface area (Å²) in [5.41, 5.74) is 0. The van der Waals surface area contributed by atoms with Crippen molar-refractivity contribution in [2.45, 2.75) is 52.9 Å². The predicted molar refractivity (Wildman–Crippen MR) is 67.8 cm³/mol. The van der Waals surface area contributed by atoms with Gasteiger partial charge < -0.3 is 10.0 Å². The molecule has 0 aliphatic heterocycles. The van der Waals surface area contributed by atoms with E-state index in [9.17, 15) is 9.59 Å². The van der Waals surface area contributed by atoms with Crippen LogP contribution in [0.25, 0.3) is 0 Å². The zero-order valence-electron chi connectivity index (χ0n) is 11.2. The Morgan fingerprint density at radius 3 is 2.24 bits per heavy atom. The first-order chi connectivity index (χ1) is 8.02. The summed E-state index contributed by atoms with van der Waals surface area (Å²) >= 11 is 0. The van der Waals surface area contributed by atoms with Crippen LogP contribution in [-0.4, -0.2) is 35.0 Å². The van der Waals surface area contributed by atoms with Gasteiger partial charge in [-0.3, -0.25) is 9.59 Å². The number of amides is 1. The minimum Gasteiger partial charge on any atom is -0.481 e. The maximum absolute atomic E-state index is 11.9. The van der Waals surface area contributed by atoms with Crippen LogP contribution in [0.15, 0.2) is 0 Å².